The van der Waals surface area contributed by atoms with Crippen LogP contribution in [0.2, 0.25) is 0 Å². The Morgan fingerprint density at radius 3 is 1.36 bits per heavy atom. The van der Waals surface area contributed by atoms with E-state index in [4.69, 9.17) is 14.2 Å². The lowest BCUT2D eigenvalue weighted by Crippen LogP contribution is -2.50. The number of hydrogen-bond donors (Lipinski definition) is 3. The molecule has 33 heavy (non-hydrogen) atoms. The minimum atomic E-state index is -1.24. The summed E-state index contributed by atoms with van der Waals surface area (Å²) in [6.45, 7) is 0.206. The molecule has 3 rings (SSSR count). The molecule has 0 unspecified atom stereocenters. The predicted molar refractivity (Wildman–Crippen MR) is 125 cm³/mol. The van der Waals surface area contributed by atoms with Crippen molar-refractivity contribution in [2.45, 2.75) is 44.2 Å². The van der Waals surface area contributed by atoms with Crippen molar-refractivity contribution in [1.29, 1.82) is 0 Å². The molecule has 0 aliphatic heterocycles. The number of hydrogen-bond acceptors (Lipinski definition) is 6. The summed E-state index contributed by atoms with van der Waals surface area (Å²) in [5, 5.41) is 31.1. The molecule has 176 valence electrons. The van der Waals surface area contributed by atoms with Crippen LogP contribution in [0.15, 0.2) is 91.0 Å². The van der Waals surface area contributed by atoms with Gasteiger partial charge in [0.05, 0.1) is 33.0 Å². The first kappa shape index (κ1) is 25.1. The van der Waals surface area contributed by atoms with Crippen molar-refractivity contribution in [2.24, 2.45) is 0 Å². The molecule has 6 heteroatoms. The summed E-state index contributed by atoms with van der Waals surface area (Å²) in [5.41, 5.74) is 2.81. The predicted octanol–water partition coefficient (Wildman–Crippen LogP) is 3.09. The Kier molecular flexibility index (Phi) is 10.5. The number of aliphatic hydroxyl groups excluding tert-OH is 3. The average molecular weight is 453 g/mol. The van der Waals surface area contributed by atoms with E-state index in [9.17, 15) is 15.3 Å². The van der Waals surface area contributed by atoms with Crippen LogP contribution in [0.1, 0.15) is 16.7 Å². The van der Waals surface area contributed by atoms with Gasteiger partial charge in [-0.1, -0.05) is 91.0 Å². The van der Waals surface area contributed by atoms with Gasteiger partial charge in [0.15, 0.2) is 0 Å². The van der Waals surface area contributed by atoms with Crippen LogP contribution in [-0.4, -0.2) is 52.9 Å². The van der Waals surface area contributed by atoms with Gasteiger partial charge in [0.1, 0.15) is 24.4 Å². The zero-order chi connectivity index (χ0) is 23.3. The normalized spacial score (nSPS) is 15.0. The van der Waals surface area contributed by atoms with E-state index in [-0.39, 0.29) is 19.8 Å². The van der Waals surface area contributed by atoms with Gasteiger partial charge in [-0.05, 0) is 16.7 Å². The van der Waals surface area contributed by atoms with Crippen molar-refractivity contribution >= 4 is 0 Å². The van der Waals surface area contributed by atoms with E-state index in [0.717, 1.165) is 16.7 Å². The molecule has 0 amide bonds. The highest BCUT2D eigenvalue weighted by atomic mass is 16.6. The van der Waals surface area contributed by atoms with Gasteiger partial charge < -0.3 is 29.5 Å². The fraction of sp³-hybridized carbons (Fsp3) is 0.333. The van der Waals surface area contributed by atoms with Crippen LogP contribution in [0.3, 0.4) is 0 Å². The van der Waals surface area contributed by atoms with Gasteiger partial charge >= 0.3 is 0 Å². The molecule has 0 bridgehead atoms. The smallest absolute Gasteiger partial charge is 0.115 e. The molecule has 3 aromatic rings. The summed E-state index contributed by atoms with van der Waals surface area (Å²) in [6.07, 6.45) is -4.21. The van der Waals surface area contributed by atoms with Crippen LogP contribution in [-0.2, 0) is 34.0 Å². The molecular weight excluding hydrogens is 420 g/mol. The fourth-order valence-corrected chi connectivity index (χ4v) is 3.45. The molecule has 3 aromatic carbocycles. The SMILES string of the molecule is OC[C@H](O)[C@@H](OCc1ccccc1)[C@H](OCc1ccccc1)[C@H](O)COCc1ccccc1. The molecule has 0 aliphatic carbocycles. The standard InChI is InChI=1S/C27H32O6/c28-16-24(29)26(32-18-22-12-6-2-7-13-22)27(33-19-23-14-8-3-9-15-23)25(30)20-31-17-21-10-4-1-5-11-21/h1-15,24-30H,16-20H2/t24-,25+,26+,27+/m0/s1. The molecule has 3 N–H and O–H groups in total. The molecule has 0 fully saturated rings. The van der Waals surface area contributed by atoms with Gasteiger partial charge in [-0.3, -0.25) is 0 Å². The quantitative estimate of drug-likeness (QED) is 0.348. The maximum absolute atomic E-state index is 11.0. The molecule has 0 aromatic heterocycles. The minimum absolute atomic E-state index is 0.0162. The van der Waals surface area contributed by atoms with Gasteiger partial charge in [-0.25, -0.2) is 0 Å². The van der Waals surface area contributed by atoms with Crippen LogP contribution < -0.4 is 0 Å². The van der Waals surface area contributed by atoms with Crippen molar-refractivity contribution in [3.05, 3.63) is 108 Å². The second-order valence-electron chi connectivity index (χ2n) is 7.84. The molecule has 0 heterocycles. The summed E-state index contributed by atoms with van der Waals surface area (Å²) < 4.78 is 17.7. The van der Waals surface area contributed by atoms with Crippen LogP contribution >= 0.6 is 0 Å². The second kappa shape index (κ2) is 13.9. The lowest BCUT2D eigenvalue weighted by Gasteiger charge is -2.33. The van der Waals surface area contributed by atoms with Crippen molar-refractivity contribution in [2.75, 3.05) is 13.2 Å². The lowest BCUT2D eigenvalue weighted by molar-refractivity contribution is -0.181. The highest BCUT2D eigenvalue weighted by Gasteiger charge is 2.35. The number of benzene rings is 3. The van der Waals surface area contributed by atoms with E-state index >= 15 is 0 Å². The largest absolute Gasteiger partial charge is 0.394 e. The maximum Gasteiger partial charge on any atom is 0.115 e. The Morgan fingerprint density at radius 1 is 0.545 bits per heavy atom. The number of aliphatic hydroxyl groups is 3. The van der Waals surface area contributed by atoms with E-state index in [1.807, 2.05) is 91.0 Å². The zero-order valence-corrected chi connectivity index (χ0v) is 18.6. The molecule has 0 radical (unpaired) electrons. The van der Waals surface area contributed by atoms with Gasteiger partial charge in [0.2, 0.25) is 0 Å². The van der Waals surface area contributed by atoms with Gasteiger partial charge in [-0.2, -0.15) is 0 Å². The van der Waals surface area contributed by atoms with Crippen LogP contribution in [0.5, 0.6) is 0 Å². The van der Waals surface area contributed by atoms with Crippen molar-refractivity contribution in [3.63, 3.8) is 0 Å². The highest BCUT2D eigenvalue weighted by Crippen LogP contribution is 2.19. The molecule has 0 saturated carbocycles. The first-order valence-corrected chi connectivity index (χ1v) is 11.1. The van der Waals surface area contributed by atoms with E-state index in [1.54, 1.807) is 0 Å². The molecule has 4 atom stereocenters. The Morgan fingerprint density at radius 2 is 0.939 bits per heavy atom. The van der Waals surface area contributed by atoms with E-state index < -0.39 is 31.0 Å². The zero-order valence-electron chi connectivity index (χ0n) is 18.6. The van der Waals surface area contributed by atoms with E-state index in [2.05, 4.69) is 0 Å². The third-order valence-electron chi connectivity index (χ3n) is 5.24. The summed E-state index contributed by atoms with van der Waals surface area (Å²) >= 11 is 0. The maximum atomic E-state index is 11.0. The van der Waals surface area contributed by atoms with E-state index in [0.29, 0.717) is 6.61 Å². The Bertz CT molecular complexity index is 890. The first-order chi connectivity index (χ1) is 16.2. The van der Waals surface area contributed by atoms with E-state index in [1.165, 1.54) is 0 Å². The average Bonchev–Trinajstić information content (AvgIpc) is 2.87. The summed E-state index contributed by atoms with van der Waals surface area (Å²) in [7, 11) is 0. The number of rotatable bonds is 14. The third kappa shape index (κ3) is 8.37. The molecule has 0 saturated heterocycles. The van der Waals surface area contributed by atoms with Crippen molar-refractivity contribution in [3.8, 4) is 0 Å². The summed E-state index contributed by atoms with van der Waals surface area (Å²) in [4.78, 5) is 0. The lowest BCUT2D eigenvalue weighted by atomic mass is 10.0. The summed E-state index contributed by atoms with van der Waals surface area (Å²) in [6, 6.07) is 28.7. The molecular formula is C27H32O6. The molecule has 6 nitrogen and oxygen atoms in total. The Balaban J connectivity index is 1.69. The second-order valence-corrected chi connectivity index (χ2v) is 7.84. The van der Waals surface area contributed by atoms with Crippen molar-refractivity contribution in [1.82, 2.24) is 0 Å². The monoisotopic (exact) mass is 452 g/mol. The van der Waals surface area contributed by atoms with Gasteiger partial charge in [-0.15, -0.1) is 0 Å². The van der Waals surface area contributed by atoms with Crippen molar-refractivity contribution < 1.29 is 29.5 Å². The third-order valence-corrected chi connectivity index (χ3v) is 5.24. The highest BCUT2D eigenvalue weighted by molar-refractivity contribution is 5.15. The minimum Gasteiger partial charge on any atom is -0.394 e. The molecule has 0 spiro atoms. The Hall–Kier alpha value is -2.58. The fourth-order valence-electron chi connectivity index (χ4n) is 3.45. The van der Waals surface area contributed by atoms with Crippen LogP contribution in [0.25, 0.3) is 0 Å². The number of ether oxygens (including phenoxy) is 3. The van der Waals surface area contributed by atoms with Crippen LogP contribution in [0, 0.1) is 0 Å². The topological polar surface area (TPSA) is 88.4 Å². The van der Waals surface area contributed by atoms with Gasteiger partial charge in [0, 0.05) is 0 Å². The first-order valence-electron chi connectivity index (χ1n) is 11.1. The summed E-state index contributed by atoms with van der Waals surface area (Å²) in [5.74, 6) is 0. The van der Waals surface area contributed by atoms with Crippen LogP contribution in [0.4, 0.5) is 0 Å². The Labute approximate surface area is 195 Å². The van der Waals surface area contributed by atoms with Gasteiger partial charge in [0.25, 0.3) is 0 Å². The molecule has 0 aliphatic rings.